The molecule has 110 valence electrons. The molecule has 0 aliphatic carbocycles. The third kappa shape index (κ3) is 6.42. The third-order valence-electron chi connectivity index (χ3n) is 3.07. The molecular formula is C13H25N3O3. The molecule has 6 heteroatoms. The van der Waals surface area contributed by atoms with Crippen molar-refractivity contribution in [1.29, 1.82) is 0 Å². The number of amides is 3. The minimum absolute atomic E-state index is 0.0127. The number of likely N-dealkylation sites (tertiary alicyclic amines) is 1. The predicted octanol–water partition coefficient (Wildman–Crippen LogP) is 0.708. The fourth-order valence-electron chi connectivity index (χ4n) is 2.07. The Hall–Kier alpha value is -1.30. The molecule has 0 bridgehead atoms. The van der Waals surface area contributed by atoms with E-state index in [0.29, 0.717) is 13.1 Å². The number of rotatable bonds is 4. The van der Waals surface area contributed by atoms with Crippen molar-refractivity contribution in [2.45, 2.75) is 39.2 Å². The van der Waals surface area contributed by atoms with Gasteiger partial charge in [-0.25, -0.2) is 4.79 Å². The second-order valence-corrected chi connectivity index (χ2v) is 5.99. The first kappa shape index (κ1) is 15.8. The average Bonchev–Trinajstić information content (AvgIpc) is 2.33. The van der Waals surface area contributed by atoms with Gasteiger partial charge < -0.3 is 20.7 Å². The summed E-state index contributed by atoms with van der Waals surface area (Å²) in [6.07, 6.45) is 1.95. The minimum atomic E-state index is -0.514. The number of hydrogen-bond donors (Lipinski definition) is 2. The molecule has 1 atom stereocenters. The first-order valence-electron chi connectivity index (χ1n) is 6.73. The second kappa shape index (κ2) is 6.75. The summed E-state index contributed by atoms with van der Waals surface area (Å²) in [5, 5.41) is 2.60. The van der Waals surface area contributed by atoms with Gasteiger partial charge in [-0.2, -0.15) is 0 Å². The van der Waals surface area contributed by atoms with Crippen LogP contribution < -0.4 is 11.1 Å². The van der Waals surface area contributed by atoms with E-state index >= 15 is 0 Å². The lowest BCUT2D eigenvalue weighted by molar-refractivity contribution is -0.142. The van der Waals surface area contributed by atoms with E-state index in [4.69, 9.17) is 10.5 Å². The fraction of sp³-hybridized carbons (Fsp3) is 0.846. The summed E-state index contributed by atoms with van der Waals surface area (Å²) in [6.45, 7) is 7.84. The lowest BCUT2D eigenvalue weighted by Gasteiger charge is -2.33. The Bertz CT molecular complexity index is 326. The largest absolute Gasteiger partial charge is 0.366 e. The van der Waals surface area contributed by atoms with Gasteiger partial charge in [0.15, 0.2) is 0 Å². The summed E-state index contributed by atoms with van der Waals surface area (Å²) in [6, 6.07) is -0.514. The molecule has 19 heavy (non-hydrogen) atoms. The van der Waals surface area contributed by atoms with Crippen molar-refractivity contribution in [1.82, 2.24) is 10.2 Å². The molecule has 0 aromatic rings. The summed E-state index contributed by atoms with van der Waals surface area (Å²) in [5.41, 5.74) is 4.74. The Morgan fingerprint density at radius 3 is 2.68 bits per heavy atom. The van der Waals surface area contributed by atoms with Crippen LogP contribution in [0.3, 0.4) is 0 Å². The molecule has 6 nitrogen and oxygen atoms in total. The highest BCUT2D eigenvalue weighted by molar-refractivity contribution is 5.77. The standard InChI is InChI=1S/C13H25N3O3/c1-13(2,3)19-9-11(17)16-6-4-5-10(8-16)7-15-12(14)18/h10H,4-9H2,1-3H3,(H3,14,15,18). The summed E-state index contributed by atoms with van der Waals surface area (Å²) in [4.78, 5) is 24.5. The molecule has 0 saturated carbocycles. The lowest BCUT2D eigenvalue weighted by Crippen LogP contribution is -2.46. The van der Waals surface area contributed by atoms with E-state index < -0.39 is 6.03 Å². The Kier molecular flexibility index (Phi) is 5.60. The van der Waals surface area contributed by atoms with Crippen LogP contribution in [0.25, 0.3) is 0 Å². The summed E-state index contributed by atoms with van der Waals surface area (Å²) in [7, 11) is 0. The summed E-state index contributed by atoms with van der Waals surface area (Å²) < 4.78 is 5.50. The van der Waals surface area contributed by atoms with Crippen LogP contribution >= 0.6 is 0 Å². The fourth-order valence-corrected chi connectivity index (χ4v) is 2.07. The lowest BCUT2D eigenvalue weighted by atomic mass is 9.98. The van der Waals surface area contributed by atoms with Crippen LogP contribution in [0.4, 0.5) is 4.79 Å². The van der Waals surface area contributed by atoms with Crippen molar-refractivity contribution in [3.8, 4) is 0 Å². The molecule has 0 radical (unpaired) electrons. The van der Waals surface area contributed by atoms with Gasteiger partial charge in [0.05, 0.1) is 5.60 Å². The van der Waals surface area contributed by atoms with E-state index in [1.807, 2.05) is 25.7 Å². The van der Waals surface area contributed by atoms with Gasteiger partial charge in [0.25, 0.3) is 0 Å². The number of primary amides is 1. The molecular weight excluding hydrogens is 246 g/mol. The van der Waals surface area contributed by atoms with E-state index in [1.54, 1.807) is 0 Å². The molecule has 1 aliphatic heterocycles. The van der Waals surface area contributed by atoms with Gasteiger partial charge in [0, 0.05) is 19.6 Å². The van der Waals surface area contributed by atoms with Crippen LogP contribution in [0.5, 0.6) is 0 Å². The van der Waals surface area contributed by atoms with Crippen LogP contribution in [0, 0.1) is 5.92 Å². The van der Waals surface area contributed by atoms with Crippen LogP contribution in [0.1, 0.15) is 33.6 Å². The molecule has 3 N–H and O–H groups in total. The number of nitrogens with one attached hydrogen (secondary N) is 1. The molecule has 1 fully saturated rings. The van der Waals surface area contributed by atoms with Crippen LogP contribution in [-0.2, 0) is 9.53 Å². The van der Waals surface area contributed by atoms with Crippen molar-refractivity contribution < 1.29 is 14.3 Å². The van der Waals surface area contributed by atoms with Gasteiger partial charge in [-0.3, -0.25) is 4.79 Å². The maximum atomic E-state index is 12.0. The predicted molar refractivity (Wildman–Crippen MR) is 72.6 cm³/mol. The number of hydrogen-bond acceptors (Lipinski definition) is 3. The van der Waals surface area contributed by atoms with Gasteiger partial charge in [-0.05, 0) is 39.5 Å². The van der Waals surface area contributed by atoms with E-state index in [9.17, 15) is 9.59 Å². The first-order chi connectivity index (χ1) is 8.78. The van der Waals surface area contributed by atoms with E-state index in [2.05, 4.69) is 5.32 Å². The van der Waals surface area contributed by atoms with E-state index in [0.717, 1.165) is 19.4 Å². The maximum absolute atomic E-state index is 12.0. The second-order valence-electron chi connectivity index (χ2n) is 5.99. The quantitative estimate of drug-likeness (QED) is 0.789. The highest BCUT2D eigenvalue weighted by Crippen LogP contribution is 2.16. The third-order valence-corrected chi connectivity index (χ3v) is 3.07. The number of piperidine rings is 1. The van der Waals surface area contributed by atoms with E-state index in [-0.39, 0.29) is 24.0 Å². The number of carbonyl (C=O) groups excluding carboxylic acids is 2. The maximum Gasteiger partial charge on any atom is 0.312 e. The van der Waals surface area contributed by atoms with Crippen molar-refractivity contribution in [2.75, 3.05) is 26.2 Å². The van der Waals surface area contributed by atoms with Crippen LogP contribution in [0.15, 0.2) is 0 Å². The topological polar surface area (TPSA) is 84.7 Å². The Morgan fingerprint density at radius 1 is 1.42 bits per heavy atom. The number of nitrogens with zero attached hydrogens (tertiary/aromatic N) is 1. The van der Waals surface area contributed by atoms with Gasteiger partial charge in [0.1, 0.15) is 6.61 Å². The number of nitrogens with two attached hydrogens (primary N) is 1. The Balaban J connectivity index is 2.37. The molecule has 1 saturated heterocycles. The van der Waals surface area contributed by atoms with Gasteiger partial charge in [-0.15, -0.1) is 0 Å². The highest BCUT2D eigenvalue weighted by Gasteiger charge is 2.24. The van der Waals surface area contributed by atoms with Crippen molar-refractivity contribution >= 4 is 11.9 Å². The van der Waals surface area contributed by atoms with Gasteiger partial charge in [-0.1, -0.05) is 0 Å². The monoisotopic (exact) mass is 271 g/mol. The van der Waals surface area contributed by atoms with Crippen molar-refractivity contribution in [3.05, 3.63) is 0 Å². The number of ether oxygens (including phenoxy) is 1. The smallest absolute Gasteiger partial charge is 0.312 e. The zero-order valence-electron chi connectivity index (χ0n) is 12.1. The Morgan fingerprint density at radius 2 is 2.11 bits per heavy atom. The van der Waals surface area contributed by atoms with Crippen molar-refractivity contribution in [3.63, 3.8) is 0 Å². The van der Waals surface area contributed by atoms with Gasteiger partial charge in [0.2, 0.25) is 5.91 Å². The van der Waals surface area contributed by atoms with Crippen molar-refractivity contribution in [2.24, 2.45) is 11.7 Å². The summed E-state index contributed by atoms with van der Waals surface area (Å²) >= 11 is 0. The molecule has 1 rings (SSSR count). The van der Waals surface area contributed by atoms with Crippen LogP contribution in [0.2, 0.25) is 0 Å². The van der Waals surface area contributed by atoms with Gasteiger partial charge >= 0.3 is 6.03 Å². The van der Waals surface area contributed by atoms with Crippen LogP contribution in [-0.4, -0.2) is 48.7 Å². The molecule has 0 aromatic heterocycles. The Labute approximate surface area is 114 Å². The average molecular weight is 271 g/mol. The first-order valence-corrected chi connectivity index (χ1v) is 6.73. The molecule has 0 spiro atoms. The van der Waals surface area contributed by atoms with E-state index in [1.165, 1.54) is 0 Å². The zero-order valence-corrected chi connectivity index (χ0v) is 12.1. The number of urea groups is 1. The minimum Gasteiger partial charge on any atom is -0.366 e. The highest BCUT2D eigenvalue weighted by atomic mass is 16.5. The molecule has 0 aromatic carbocycles. The SMILES string of the molecule is CC(C)(C)OCC(=O)N1CCCC(CNC(N)=O)C1. The number of carbonyl (C=O) groups is 2. The molecule has 3 amide bonds. The normalized spacial score (nSPS) is 20.2. The molecule has 1 unspecified atom stereocenters. The molecule has 1 heterocycles. The summed E-state index contributed by atoms with van der Waals surface area (Å²) in [5.74, 6) is 0.290. The zero-order chi connectivity index (χ0) is 14.5. The molecule has 1 aliphatic rings.